The van der Waals surface area contributed by atoms with Crippen LogP contribution in [0.25, 0.3) is 10.9 Å². The first-order valence-corrected chi connectivity index (χ1v) is 11.4. The number of aryl methyl sites for hydroxylation is 1. The van der Waals surface area contributed by atoms with E-state index in [-0.39, 0.29) is 17.4 Å². The Balaban J connectivity index is 1.83. The first kappa shape index (κ1) is 26.0. The lowest BCUT2D eigenvalue weighted by molar-refractivity contribution is 0.195. The molecule has 0 aliphatic rings. The molecule has 3 aromatic rings. The van der Waals surface area contributed by atoms with E-state index in [2.05, 4.69) is 15.3 Å². The van der Waals surface area contributed by atoms with Crippen molar-refractivity contribution in [3.63, 3.8) is 0 Å². The van der Waals surface area contributed by atoms with E-state index in [1.807, 2.05) is 32.0 Å². The number of hydrogen-bond acceptors (Lipinski definition) is 8. The number of ether oxygens (including phenoxy) is 1. The lowest BCUT2D eigenvalue weighted by Gasteiger charge is -2.34. The van der Waals surface area contributed by atoms with Crippen molar-refractivity contribution < 1.29 is 19.1 Å². The van der Waals surface area contributed by atoms with Crippen molar-refractivity contribution in [2.45, 2.75) is 46.2 Å². The van der Waals surface area contributed by atoms with Crippen LogP contribution in [0.1, 0.15) is 44.9 Å². The Morgan fingerprint density at radius 1 is 1.23 bits per heavy atom. The Kier molecular flexibility index (Phi) is 7.64. The van der Waals surface area contributed by atoms with Gasteiger partial charge in [0.15, 0.2) is 0 Å². The number of nitrogens with one attached hydrogen (secondary N) is 1. The number of anilines is 2. The number of nitrogens with zero attached hydrogens (tertiary/aromatic N) is 4. The van der Waals surface area contributed by atoms with Gasteiger partial charge in [-0.1, -0.05) is 6.07 Å². The summed E-state index contributed by atoms with van der Waals surface area (Å²) in [5.74, 6) is 0.537. The highest BCUT2D eigenvalue weighted by Gasteiger charge is 2.30. The van der Waals surface area contributed by atoms with E-state index in [1.54, 1.807) is 52.1 Å². The molecule has 10 nitrogen and oxygen atoms in total. The van der Waals surface area contributed by atoms with Crippen LogP contribution in [0.5, 0.6) is 5.88 Å². The number of carbonyl (C=O) groups is 1. The second kappa shape index (κ2) is 10.3. The molecule has 35 heavy (non-hydrogen) atoms. The van der Waals surface area contributed by atoms with Crippen LogP contribution >= 0.6 is 0 Å². The molecule has 10 heteroatoms. The lowest BCUT2D eigenvalue weighted by Crippen LogP contribution is -2.45. The van der Waals surface area contributed by atoms with Crippen molar-refractivity contribution in [3.8, 4) is 5.88 Å². The van der Waals surface area contributed by atoms with Gasteiger partial charge in [-0.25, -0.2) is 14.6 Å². The summed E-state index contributed by atoms with van der Waals surface area (Å²) in [5.41, 5.74) is 0.901. The van der Waals surface area contributed by atoms with E-state index in [1.165, 1.54) is 4.90 Å². The summed E-state index contributed by atoms with van der Waals surface area (Å²) in [6.07, 6.45) is 0.595. The molecule has 1 aromatic carbocycles. The van der Waals surface area contributed by atoms with Crippen LogP contribution in [-0.2, 0) is 0 Å². The summed E-state index contributed by atoms with van der Waals surface area (Å²) in [4.78, 5) is 36.8. The molecule has 3 rings (SSSR count). The molecule has 0 bridgehead atoms. The first-order chi connectivity index (χ1) is 16.4. The van der Waals surface area contributed by atoms with E-state index < -0.39 is 17.3 Å². The molecule has 0 spiro atoms. The molecule has 0 fully saturated rings. The average molecular weight is 484 g/mol. The number of carboxylic acid groups (broad SMARTS) is 1. The molecule has 0 aliphatic heterocycles. The number of likely N-dealkylation sites (N-methyl/N-ethyl adjacent to an activating group) is 1. The maximum absolute atomic E-state index is 12.9. The third-order valence-electron chi connectivity index (χ3n) is 5.52. The quantitative estimate of drug-likeness (QED) is 0.483. The molecule has 2 aromatic heterocycles. The number of rotatable bonds is 8. The third kappa shape index (κ3) is 6.07. The van der Waals surface area contributed by atoms with E-state index >= 15 is 0 Å². The van der Waals surface area contributed by atoms with Crippen molar-refractivity contribution >= 4 is 28.7 Å². The highest BCUT2D eigenvalue weighted by Crippen LogP contribution is 2.31. The molecular formula is C25H33N5O5. The monoisotopic (exact) mass is 483 g/mol. The predicted octanol–water partition coefficient (Wildman–Crippen LogP) is 4.29. The molecule has 188 valence electrons. The van der Waals surface area contributed by atoms with Gasteiger partial charge in [-0.05, 0) is 72.0 Å². The minimum absolute atomic E-state index is 0.0689. The Bertz CT molecular complexity index is 1250. The molecule has 0 aliphatic carbocycles. The number of fused-ring (bicyclic) bond motifs is 1. The number of pyridine rings is 1. The highest BCUT2D eigenvalue weighted by molar-refractivity contribution is 5.94. The van der Waals surface area contributed by atoms with Crippen LogP contribution in [0.4, 0.5) is 16.5 Å². The molecule has 0 radical (unpaired) electrons. The van der Waals surface area contributed by atoms with Crippen LogP contribution in [0.3, 0.4) is 0 Å². The van der Waals surface area contributed by atoms with Gasteiger partial charge in [0.2, 0.25) is 5.88 Å². The number of hydrogen-bond donors (Lipinski definition) is 2. The Hall–Kier alpha value is -3.66. The molecule has 2 N–H and O–H groups in total. The minimum atomic E-state index is -1.10. The van der Waals surface area contributed by atoms with Gasteiger partial charge in [-0.3, -0.25) is 4.90 Å². The molecule has 0 unspecified atom stereocenters. The second-order valence-electron chi connectivity index (χ2n) is 9.65. The molecular weight excluding hydrogens is 450 g/mol. The SMILES string of the molecule is Cc1c(N(C(=O)O)C(C)(C)C)ccc2nc(N[C@@H](C)c3ccc(OCCN(C)C)nc3)oc(=O)c12. The highest BCUT2D eigenvalue weighted by atomic mass is 16.5. The lowest BCUT2D eigenvalue weighted by atomic mass is 10.0. The summed E-state index contributed by atoms with van der Waals surface area (Å²) in [6, 6.07) is 6.80. The van der Waals surface area contributed by atoms with Gasteiger partial charge in [-0.2, -0.15) is 4.98 Å². The summed E-state index contributed by atoms with van der Waals surface area (Å²) >= 11 is 0. The second-order valence-corrected chi connectivity index (χ2v) is 9.65. The van der Waals surface area contributed by atoms with Gasteiger partial charge < -0.3 is 24.5 Å². The van der Waals surface area contributed by atoms with Crippen LogP contribution in [-0.4, -0.2) is 58.9 Å². The molecule has 0 saturated heterocycles. The number of benzene rings is 1. The van der Waals surface area contributed by atoms with Crippen LogP contribution in [0.15, 0.2) is 39.7 Å². The predicted molar refractivity (Wildman–Crippen MR) is 136 cm³/mol. The largest absolute Gasteiger partial charge is 0.476 e. The summed E-state index contributed by atoms with van der Waals surface area (Å²) in [6.45, 7) is 10.3. The Morgan fingerprint density at radius 3 is 2.51 bits per heavy atom. The molecule has 1 amide bonds. The van der Waals surface area contributed by atoms with Gasteiger partial charge in [0.25, 0.3) is 6.01 Å². The smallest absolute Gasteiger partial charge is 0.412 e. The molecule has 2 heterocycles. The van der Waals surface area contributed by atoms with Crippen LogP contribution in [0.2, 0.25) is 0 Å². The summed E-state index contributed by atoms with van der Waals surface area (Å²) in [7, 11) is 3.95. The third-order valence-corrected chi connectivity index (χ3v) is 5.52. The Morgan fingerprint density at radius 2 is 1.94 bits per heavy atom. The zero-order valence-electron chi connectivity index (χ0n) is 21.2. The summed E-state index contributed by atoms with van der Waals surface area (Å²) < 4.78 is 11.1. The van der Waals surface area contributed by atoms with Gasteiger partial charge in [0.05, 0.1) is 22.6 Å². The zero-order valence-corrected chi connectivity index (χ0v) is 21.2. The zero-order chi connectivity index (χ0) is 25.9. The van der Waals surface area contributed by atoms with Gasteiger partial charge >= 0.3 is 11.7 Å². The topological polar surface area (TPSA) is 121 Å². The van der Waals surface area contributed by atoms with Crippen molar-refractivity contribution in [2.75, 3.05) is 37.5 Å². The maximum Gasteiger partial charge on any atom is 0.412 e. The van der Waals surface area contributed by atoms with Crippen molar-refractivity contribution in [2.24, 2.45) is 0 Å². The van der Waals surface area contributed by atoms with Crippen molar-refractivity contribution in [1.29, 1.82) is 0 Å². The van der Waals surface area contributed by atoms with Crippen LogP contribution in [0, 0.1) is 6.92 Å². The van der Waals surface area contributed by atoms with E-state index in [9.17, 15) is 14.7 Å². The minimum Gasteiger partial charge on any atom is -0.476 e. The van der Waals surface area contributed by atoms with Gasteiger partial charge in [0.1, 0.15) is 6.61 Å². The van der Waals surface area contributed by atoms with E-state index in [0.717, 1.165) is 12.1 Å². The van der Waals surface area contributed by atoms with E-state index in [0.29, 0.717) is 29.3 Å². The molecule has 0 saturated carbocycles. The summed E-state index contributed by atoms with van der Waals surface area (Å²) in [5, 5.41) is 13.1. The van der Waals surface area contributed by atoms with Crippen molar-refractivity contribution in [3.05, 3.63) is 52.0 Å². The maximum atomic E-state index is 12.9. The average Bonchev–Trinajstić information content (AvgIpc) is 2.74. The first-order valence-electron chi connectivity index (χ1n) is 11.4. The fourth-order valence-electron chi connectivity index (χ4n) is 3.70. The molecule has 1 atom stereocenters. The number of amides is 1. The van der Waals surface area contributed by atoms with Gasteiger partial charge in [0, 0.05) is 24.3 Å². The standard InChI is InChI=1S/C25H33N5O5/c1-15-19(30(24(32)33)25(3,4)5)10-9-18-21(15)22(31)35-23(28-18)27-16(2)17-8-11-20(26-14-17)34-13-12-29(6)7/h8-11,14,16H,12-13H2,1-7H3,(H,27,28)(H,32,33)/t16-/m0/s1. The fourth-order valence-corrected chi connectivity index (χ4v) is 3.70. The van der Waals surface area contributed by atoms with Crippen molar-refractivity contribution in [1.82, 2.24) is 14.9 Å². The number of aromatic nitrogens is 2. The normalized spacial score (nSPS) is 12.6. The Labute approximate surface area is 204 Å². The van der Waals surface area contributed by atoms with E-state index in [4.69, 9.17) is 9.15 Å². The van der Waals surface area contributed by atoms with Gasteiger partial charge in [-0.15, -0.1) is 0 Å². The fraction of sp³-hybridized carbons (Fsp3) is 0.440. The van der Waals surface area contributed by atoms with Crippen LogP contribution < -0.4 is 20.6 Å².